The van der Waals surface area contributed by atoms with Crippen LogP contribution in [0, 0.1) is 0 Å². The topological polar surface area (TPSA) is 42.2 Å². The van der Waals surface area contributed by atoms with Gasteiger partial charge < -0.3 is 5.32 Å². The molecule has 4 nitrogen and oxygen atoms in total. The van der Waals surface area contributed by atoms with E-state index in [2.05, 4.69) is 31.3 Å². The summed E-state index contributed by atoms with van der Waals surface area (Å²) < 4.78 is 2.79. The van der Waals surface area contributed by atoms with Gasteiger partial charge in [0.25, 0.3) is 0 Å². The van der Waals surface area contributed by atoms with Gasteiger partial charge in [-0.15, -0.1) is 5.10 Å². The van der Waals surface area contributed by atoms with Gasteiger partial charge in [-0.25, -0.2) is 4.52 Å². The summed E-state index contributed by atoms with van der Waals surface area (Å²) in [6.07, 6.45) is 11.1. The zero-order valence-electron chi connectivity index (χ0n) is 11.0. The third-order valence-corrected chi connectivity index (χ3v) is 4.37. The zero-order valence-corrected chi connectivity index (χ0v) is 12.6. The SMILES string of the molecule is Brc1cccn2nc(NC3CCCCCCC3)nc12. The summed E-state index contributed by atoms with van der Waals surface area (Å²) in [6, 6.07) is 4.48. The van der Waals surface area contributed by atoms with Crippen LogP contribution in [0.15, 0.2) is 22.8 Å². The van der Waals surface area contributed by atoms with Gasteiger partial charge in [-0.2, -0.15) is 4.98 Å². The van der Waals surface area contributed by atoms with Crippen LogP contribution in [0.3, 0.4) is 0 Å². The Balaban J connectivity index is 1.74. The van der Waals surface area contributed by atoms with Crippen LogP contribution < -0.4 is 5.32 Å². The van der Waals surface area contributed by atoms with Gasteiger partial charge in [-0.3, -0.25) is 0 Å². The summed E-state index contributed by atoms with van der Waals surface area (Å²) in [7, 11) is 0. The van der Waals surface area contributed by atoms with Crippen molar-refractivity contribution in [2.45, 2.75) is 51.0 Å². The maximum Gasteiger partial charge on any atom is 0.243 e. The minimum Gasteiger partial charge on any atom is -0.350 e. The van der Waals surface area contributed by atoms with Crippen LogP contribution >= 0.6 is 15.9 Å². The van der Waals surface area contributed by atoms with Crippen LogP contribution in [0.2, 0.25) is 0 Å². The summed E-state index contributed by atoms with van der Waals surface area (Å²) in [6.45, 7) is 0. The Morgan fingerprint density at radius 3 is 2.63 bits per heavy atom. The Hall–Kier alpha value is -1.10. The zero-order chi connectivity index (χ0) is 13.1. The van der Waals surface area contributed by atoms with Crippen molar-refractivity contribution in [2.24, 2.45) is 0 Å². The smallest absolute Gasteiger partial charge is 0.243 e. The van der Waals surface area contributed by atoms with Crippen molar-refractivity contribution >= 4 is 27.5 Å². The molecule has 0 aromatic carbocycles. The fraction of sp³-hybridized carbons (Fsp3) is 0.571. The Morgan fingerprint density at radius 2 is 1.89 bits per heavy atom. The molecule has 1 fully saturated rings. The summed E-state index contributed by atoms with van der Waals surface area (Å²) in [5, 5.41) is 7.99. The molecule has 1 aliphatic rings. The lowest BCUT2D eigenvalue weighted by molar-refractivity contribution is 0.470. The van der Waals surface area contributed by atoms with Gasteiger partial charge in [0, 0.05) is 12.2 Å². The van der Waals surface area contributed by atoms with E-state index in [0.29, 0.717) is 6.04 Å². The fourth-order valence-corrected chi connectivity index (χ4v) is 3.14. The number of anilines is 1. The third kappa shape index (κ3) is 3.08. The predicted octanol–water partition coefficient (Wildman–Crippen LogP) is 4.02. The molecule has 0 saturated heterocycles. The molecular weight excluding hydrogens is 304 g/mol. The molecule has 2 aromatic heterocycles. The molecule has 1 saturated carbocycles. The van der Waals surface area contributed by atoms with E-state index in [1.807, 2.05) is 22.8 Å². The quantitative estimate of drug-likeness (QED) is 0.908. The normalized spacial score (nSPS) is 18.2. The lowest BCUT2D eigenvalue weighted by Gasteiger charge is -2.19. The molecule has 5 heteroatoms. The first-order valence-corrected chi connectivity index (χ1v) is 7.90. The highest BCUT2D eigenvalue weighted by molar-refractivity contribution is 9.10. The van der Waals surface area contributed by atoms with E-state index >= 15 is 0 Å². The number of aromatic nitrogens is 3. The molecule has 2 aromatic rings. The number of halogens is 1. The number of nitrogens with zero attached hydrogens (tertiary/aromatic N) is 3. The van der Waals surface area contributed by atoms with Gasteiger partial charge in [0.2, 0.25) is 5.95 Å². The highest BCUT2D eigenvalue weighted by Crippen LogP contribution is 2.21. The van der Waals surface area contributed by atoms with Gasteiger partial charge in [0.15, 0.2) is 5.65 Å². The number of nitrogens with one attached hydrogen (secondary N) is 1. The molecule has 0 bridgehead atoms. The van der Waals surface area contributed by atoms with Crippen LogP contribution in [0.1, 0.15) is 44.9 Å². The summed E-state index contributed by atoms with van der Waals surface area (Å²) in [5.41, 5.74) is 0.871. The molecule has 0 atom stereocenters. The second-order valence-electron chi connectivity index (χ2n) is 5.25. The molecule has 2 heterocycles. The van der Waals surface area contributed by atoms with E-state index in [1.54, 1.807) is 0 Å². The maximum absolute atomic E-state index is 4.55. The van der Waals surface area contributed by atoms with Gasteiger partial charge >= 0.3 is 0 Å². The Kier molecular flexibility index (Phi) is 4.01. The van der Waals surface area contributed by atoms with Gasteiger partial charge in [0.05, 0.1) is 4.47 Å². The van der Waals surface area contributed by atoms with E-state index in [4.69, 9.17) is 0 Å². The standard InChI is InChI=1S/C14H19BrN4/c15-12-9-6-10-19-13(12)17-14(18-19)16-11-7-4-2-1-3-5-8-11/h6,9-11H,1-5,7-8H2,(H,16,18). The van der Waals surface area contributed by atoms with Gasteiger partial charge in [-0.1, -0.05) is 32.1 Å². The van der Waals surface area contributed by atoms with Crippen molar-refractivity contribution in [3.8, 4) is 0 Å². The summed E-state index contributed by atoms with van der Waals surface area (Å²) in [4.78, 5) is 4.55. The van der Waals surface area contributed by atoms with E-state index in [-0.39, 0.29) is 0 Å². The second kappa shape index (κ2) is 5.90. The van der Waals surface area contributed by atoms with Crippen molar-refractivity contribution in [1.82, 2.24) is 14.6 Å². The van der Waals surface area contributed by atoms with Crippen molar-refractivity contribution in [3.05, 3.63) is 22.8 Å². The molecule has 0 aliphatic heterocycles. The van der Waals surface area contributed by atoms with Crippen LogP contribution in [-0.2, 0) is 0 Å². The molecule has 1 aliphatic carbocycles. The second-order valence-corrected chi connectivity index (χ2v) is 6.10. The Bertz CT molecular complexity index is 543. The average molecular weight is 323 g/mol. The maximum atomic E-state index is 4.55. The molecule has 3 rings (SSSR count). The molecule has 19 heavy (non-hydrogen) atoms. The first kappa shape index (κ1) is 12.9. The van der Waals surface area contributed by atoms with Gasteiger partial charge in [-0.05, 0) is 40.9 Å². The number of rotatable bonds is 2. The van der Waals surface area contributed by atoms with E-state index in [0.717, 1.165) is 16.1 Å². The number of pyridine rings is 1. The molecule has 0 unspecified atom stereocenters. The lowest BCUT2D eigenvalue weighted by atomic mass is 9.97. The van der Waals surface area contributed by atoms with Crippen LogP contribution in [0.25, 0.3) is 5.65 Å². The Labute approximate surface area is 121 Å². The van der Waals surface area contributed by atoms with Crippen LogP contribution in [0.4, 0.5) is 5.95 Å². The van der Waals surface area contributed by atoms with E-state index in [9.17, 15) is 0 Å². The van der Waals surface area contributed by atoms with Crippen molar-refractivity contribution < 1.29 is 0 Å². The largest absolute Gasteiger partial charge is 0.350 e. The van der Waals surface area contributed by atoms with Gasteiger partial charge in [0.1, 0.15) is 0 Å². The molecular formula is C14H19BrN4. The van der Waals surface area contributed by atoms with Crippen molar-refractivity contribution in [1.29, 1.82) is 0 Å². The highest BCUT2D eigenvalue weighted by atomic mass is 79.9. The van der Waals surface area contributed by atoms with Crippen LogP contribution in [0.5, 0.6) is 0 Å². The number of hydrogen-bond acceptors (Lipinski definition) is 3. The molecule has 0 amide bonds. The fourth-order valence-electron chi connectivity index (χ4n) is 2.72. The molecule has 0 spiro atoms. The first-order chi connectivity index (χ1) is 9.33. The van der Waals surface area contributed by atoms with E-state index in [1.165, 1.54) is 44.9 Å². The monoisotopic (exact) mass is 322 g/mol. The third-order valence-electron chi connectivity index (χ3n) is 3.75. The van der Waals surface area contributed by atoms with Crippen LogP contribution in [-0.4, -0.2) is 20.6 Å². The van der Waals surface area contributed by atoms with Crippen molar-refractivity contribution in [2.75, 3.05) is 5.32 Å². The summed E-state index contributed by atoms with van der Waals surface area (Å²) >= 11 is 3.51. The van der Waals surface area contributed by atoms with Crippen molar-refractivity contribution in [3.63, 3.8) is 0 Å². The molecule has 0 radical (unpaired) electrons. The summed E-state index contributed by atoms with van der Waals surface area (Å²) in [5.74, 6) is 0.748. The lowest BCUT2D eigenvalue weighted by Crippen LogP contribution is -2.21. The highest BCUT2D eigenvalue weighted by Gasteiger charge is 2.14. The predicted molar refractivity (Wildman–Crippen MR) is 80.4 cm³/mol. The number of fused-ring (bicyclic) bond motifs is 1. The number of hydrogen-bond donors (Lipinski definition) is 1. The average Bonchev–Trinajstić information content (AvgIpc) is 2.76. The first-order valence-electron chi connectivity index (χ1n) is 7.10. The molecule has 102 valence electrons. The molecule has 1 N–H and O–H groups in total. The minimum absolute atomic E-state index is 0.525. The minimum atomic E-state index is 0.525. The Morgan fingerprint density at radius 1 is 1.16 bits per heavy atom. The van der Waals surface area contributed by atoms with E-state index < -0.39 is 0 Å².